The summed E-state index contributed by atoms with van der Waals surface area (Å²) in [6.45, 7) is 4.76. The van der Waals surface area contributed by atoms with Gasteiger partial charge in [0.15, 0.2) is 0 Å². The molecule has 1 N–H and O–H groups in total. The predicted molar refractivity (Wildman–Crippen MR) is 85.9 cm³/mol. The van der Waals surface area contributed by atoms with E-state index < -0.39 is 5.97 Å². The molecule has 1 aliphatic rings. The van der Waals surface area contributed by atoms with Crippen molar-refractivity contribution in [3.05, 3.63) is 33.8 Å². The Hall–Kier alpha value is -0.770. The molecule has 0 spiro atoms. The zero-order valence-corrected chi connectivity index (χ0v) is 13.7. The lowest BCUT2D eigenvalue weighted by molar-refractivity contribution is -0.138. The molecule has 1 aromatic rings. The maximum Gasteiger partial charge on any atom is 0.303 e. The average Bonchev–Trinajstić information content (AvgIpc) is 2.43. The lowest BCUT2D eigenvalue weighted by atomic mass is 9.84. The number of hydrogen-bond acceptors (Lipinski definition) is 2. The van der Waals surface area contributed by atoms with Crippen molar-refractivity contribution in [1.29, 1.82) is 0 Å². The molecule has 2 unspecified atom stereocenters. The molecular formula is C16H21Cl2NO2. The highest BCUT2D eigenvalue weighted by molar-refractivity contribution is 6.42. The Balaban J connectivity index is 1.98. The second kappa shape index (κ2) is 7.48. The number of carbonyl (C=O) groups is 1. The molecule has 1 heterocycles. The number of hydrogen-bond donors (Lipinski definition) is 1. The summed E-state index contributed by atoms with van der Waals surface area (Å²) in [5.74, 6) is -0.0644. The largest absolute Gasteiger partial charge is 0.481 e. The number of rotatable bonds is 5. The first-order valence-corrected chi connectivity index (χ1v) is 8.10. The Morgan fingerprint density at radius 2 is 2.24 bits per heavy atom. The first kappa shape index (κ1) is 16.6. The smallest absolute Gasteiger partial charge is 0.303 e. The molecule has 1 saturated heterocycles. The van der Waals surface area contributed by atoms with Gasteiger partial charge in [-0.15, -0.1) is 0 Å². The summed E-state index contributed by atoms with van der Waals surface area (Å²) in [4.78, 5) is 13.2. The fourth-order valence-electron chi connectivity index (χ4n) is 3.05. The second-order valence-corrected chi connectivity index (χ2v) is 6.71. The van der Waals surface area contributed by atoms with E-state index in [0.29, 0.717) is 16.0 Å². The van der Waals surface area contributed by atoms with Gasteiger partial charge in [0.25, 0.3) is 0 Å². The molecule has 1 fully saturated rings. The minimum Gasteiger partial charge on any atom is -0.481 e. The SMILES string of the molecule is CC(CC(=O)O)C1CCCN(Cc2cccc(Cl)c2Cl)C1. The van der Waals surface area contributed by atoms with Gasteiger partial charge in [-0.05, 0) is 42.9 Å². The van der Waals surface area contributed by atoms with Crippen LogP contribution in [0.2, 0.25) is 10.0 Å². The molecule has 0 radical (unpaired) electrons. The third-order valence-electron chi connectivity index (χ3n) is 4.27. The minimum atomic E-state index is -0.711. The molecule has 21 heavy (non-hydrogen) atoms. The van der Waals surface area contributed by atoms with E-state index in [1.54, 1.807) is 6.07 Å². The Labute approximate surface area is 135 Å². The van der Waals surface area contributed by atoms with E-state index in [-0.39, 0.29) is 12.3 Å². The summed E-state index contributed by atoms with van der Waals surface area (Å²) < 4.78 is 0. The fraction of sp³-hybridized carbons (Fsp3) is 0.562. The van der Waals surface area contributed by atoms with Gasteiger partial charge < -0.3 is 5.11 Å². The number of carboxylic acids is 1. The molecule has 116 valence electrons. The zero-order chi connectivity index (χ0) is 15.4. The van der Waals surface area contributed by atoms with E-state index in [1.807, 2.05) is 19.1 Å². The summed E-state index contributed by atoms with van der Waals surface area (Å²) in [5, 5.41) is 10.1. The van der Waals surface area contributed by atoms with Crippen molar-refractivity contribution >= 4 is 29.2 Å². The third-order valence-corrected chi connectivity index (χ3v) is 5.13. The van der Waals surface area contributed by atoms with Gasteiger partial charge >= 0.3 is 5.97 Å². The summed E-state index contributed by atoms with van der Waals surface area (Å²) in [6, 6.07) is 5.71. The molecule has 1 aliphatic heterocycles. The summed E-state index contributed by atoms with van der Waals surface area (Å²) in [5.41, 5.74) is 1.04. The highest BCUT2D eigenvalue weighted by Crippen LogP contribution is 2.30. The van der Waals surface area contributed by atoms with Crippen molar-refractivity contribution in [2.24, 2.45) is 11.8 Å². The number of halogens is 2. The van der Waals surface area contributed by atoms with Crippen LogP contribution in [0, 0.1) is 11.8 Å². The van der Waals surface area contributed by atoms with E-state index >= 15 is 0 Å². The zero-order valence-electron chi connectivity index (χ0n) is 12.2. The summed E-state index contributed by atoms with van der Waals surface area (Å²) in [7, 11) is 0. The molecule has 0 bridgehead atoms. The van der Waals surface area contributed by atoms with Crippen LogP contribution in [-0.2, 0) is 11.3 Å². The van der Waals surface area contributed by atoms with Gasteiger partial charge in [0.05, 0.1) is 10.0 Å². The molecule has 5 heteroatoms. The normalized spacial score (nSPS) is 21.2. The van der Waals surface area contributed by atoms with Crippen molar-refractivity contribution in [3.8, 4) is 0 Å². The van der Waals surface area contributed by atoms with Crippen molar-refractivity contribution in [1.82, 2.24) is 4.90 Å². The van der Waals surface area contributed by atoms with Gasteiger partial charge in [0.2, 0.25) is 0 Å². The molecule has 3 nitrogen and oxygen atoms in total. The minimum absolute atomic E-state index is 0.208. The Morgan fingerprint density at radius 1 is 1.48 bits per heavy atom. The first-order valence-electron chi connectivity index (χ1n) is 7.34. The van der Waals surface area contributed by atoms with Crippen LogP contribution in [0.4, 0.5) is 0 Å². The van der Waals surface area contributed by atoms with E-state index in [2.05, 4.69) is 4.90 Å². The van der Waals surface area contributed by atoms with Crippen molar-refractivity contribution in [3.63, 3.8) is 0 Å². The molecule has 0 saturated carbocycles. The Morgan fingerprint density at radius 3 is 2.95 bits per heavy atom. The van der Waals surface area contributed by atoms with Crippen LogP contribution in [0.3, 0.4) is 0 Å². The number of aliphatic carboxylic acids is 1. The molecular weight excluding hydrogens is 309 g/mol. The highest BCUT2D eigenvalue weighted by atomic mass is 35.5. The average molecular weight is 330 g/mol. The topological polar surface area (TPSA) is 40.5 Å². The van der Waals surface area contributed by atoms with Gasteiger partial charge in [-0.25, -0.2) is 0 Å². The predicted octanol–water partition coefficient (Wildman–Crippen LogP) is 4.32. The first-order chi connectivity index (χ1) is 9.97. The van der Waals surface area contributed by atoms with Crippen LogP contribution in [-0.4, -0.2) is 29.1 Å². The number of benzene rings is 1. The van der Waals surface area contributed by atoms with Crippen LogP contribution in [0.25, 0.3) is 0 Å². The summed E-state index contributed by atoms with van der Waals surface area (Å²) >= 11 is 12.3. The lowest BCUT2D eigenvalue weighted by Crippen LogP contribution is -2.37. The van der Waals surface area contributed by atoms with Crippen LogP contribution >= 0.6 is 23.2 Å². The van der Waals surface area contributed by atoms with Gasteiger partial charge in [-0.1, -0.05) is 42.3 Å². The van der Waals surface area contributed by atoms with E-state index in [1.165, 1.54) is 0 Å². The van der Waals surface area contributed by atoms with E-state index in [9.17, 15) is 4.79 Å². The van der Waals surface area contributed by atoms with Gasteiger partial charge in [-0.3, -0.25) is 9.69 Å². The molecule has 0 aliphatic carbocycles. The molecule has 1 aromatic carbocycles. The molecule has 2 rings (SSSR count). The van der Waals surface area contributed by atoms with Crippen molar-refractivity contribution < 1.29 is 9.90 Å². The molecule has 0 aromatic heterocycles. The highest BCUT2D eigenvalue weighted by Gasteiger charge is 2.26. The quantitative estimate of drug-likeness (QED) is 0.874. The number of nitrogens with zero attached hydrogens (tertiary/aromatic N) is 1. The summed E-state index contributed by atoms with van der Waals surface area (Å²) in [6.07, 6.45) is 2.46. The van der Waals surface area contributed by atoms with Gasteiger partial charge in [-0.2, -0.15) is 0 Å². The van der Waals surface area contributed by atoms with Crippen molar-refractivity contribution in [2.45, 2.75) is 32.7 Å². The Kier molecular flexibility index (Phi) is 5.91. The Bertz CT molecular complexity index is 507. The van der Waals surface area contributed by atoms with Crippen LogP contribution in [0.5, 0.6) is 0 Å². The van der Waals surface area contributed by atoms with E-state index in [0.717, 1.165) is 38.0 Å². The van der Waals surface area contributed by atoms with Crippen LogP contribution in [0.15, 0.2) is 18.2 Å². The van der Waals surface area contributed by atoms with Crippen LogP contribution < -0.4 is 0 Å². The molecule has 0 amide bonds. The monoisotopic (exact) mass is 329 g/mol. The van der Waals surface area contributed by atoms with Gasteiger partial charge in [0.1, 0.15) is 0 Å². The molecule has 2 atom stereocenters. The second-order valence-electron chi connectivity index (χ2n) is 5.93. The third kappa shape index (κ3) is 4.60. The number of likely N-dealkylation sites (tertiary alicyclic amines) is 1. The maximum absolute atomic E-state index is 10.9. The standard InChI is InChI=1S/C16H21Cl2NO2/c1-11(8-15(20)21)12-5-3-7-19(9-12)10-13-4-2-6-14(17)16(13)18/h2,4,6,11-12H,3,5,7-10H2,1H3,(H,20,21). The lowest BCUT2D eigenvalue weighted by Gasteiger charge is -2.35. The van der Waals surface area contributed by atoms with E-state index in [4.69, 9.17) is 28.3 Å². The number of piperidine rings is 1. The number of carboxylic acid groups (broad SMARTS) is 1. The fourth-order valence-corrected chi connectivity index (χ4v) is 3.43. The maximum atomic E-state index is 10.9. The van der Waals surface area contributed by atoms with Crippen molar-refractivity contribution in [2.75, 3.05) is 13.1 Å². The van der Waals surface area contributed by atoms with Gasteiger partial charge in [0, 0.05) is 19.5 Å². The van der Waals surface area contributed by atoms with Crippen LogP contribution in [0.1, 0.15) is 31.7 Å².